The Bertz CT molecular complexity index is 1310. The van der Waals surface area contributed by atoms with E-state index in [1.807, 2.05) is 0 Å². The normalized spacial score (nSPS) is 13.0. The molecule has 0 spiro atoms. The summed E-state index contributed by atoms with van der Waals surface area (Å²) >= 11 is 0. The van der Waals surface area contributed by atoms with E-state index in [2.05, 4.69) is 130 Å². The second-order valence-electron chi connectivity index (χ2n) is 16.0. The van der Waals surface area contributed by atoms with Gasteiger partial charge in [-0.05, 0) is 122 Å². The minimum absolute atomic E-state index is 0.116. The van der Waals surface area contributed by atoms with Crippen molar-refractivity contribution < 1.29 is 28.6 Å². The van der Waals surface area contributed by atoms with Gasteiger partial charge < -0.3 is 14.2 Å². The molecule has 0 rings (SSSR count). The van der Waals surface area contributed by atoms with Crippen molar-refractivity contribution in [3.05, 3.63) is 109 Å². The second-order valence-corrected chi connectivity index (χ2v) is 16.0. The van der Waals surface area contributed by atoms with Crippen molar-refractivity contribution in [3.63, 3.8) is 0 Å². The fourth-order valence-electron chi connectivity index (χ4n) is 6.22. The molecule has 0 heterocycles. The highest BCUT2D eigenvalue weighted by Crippen LogP contribution is 2.11. The highest BCUT2D eigenvalue weighted by molar-refractivity contribution is 5.71. The molecule has 350 valence electrons. The number of ether oxygens (including phenoxy) is 3. The van der Waals surface area contributed by atoms with Gasteiger partial charge in [-0.1, -0.05) is 175 Å². The van der Waals surface area contributed by atoms with E-state index in [0.29, 0.717) is 25.7 Å². The van der Waals surface area contributed by atoms with Crippen molar-refractivity contribution >= 4 is 17.9 Å². The van der Waals surface area contributed by atoms with Gasteiger partial charge in [-0.3, -0.25) is 14.4 Å². The van der Waals surface area contributed by atoms with Crippen LogP contribution in [0.4, 0.5) is 0 Å². The number of unbranched alkanes of at least 4 members (excludes halogenated alkanes) is 14. The molecule has 0 fully saturated rings. The van der Waals surface area contributed by atoms with Crippen LogP contribution in [-0.2, 0) is 28.6 Å². The summed E-state index contributed by atoms with van der Waals surface area (Å²) in [5, 5.41) is 0. The number of esters is 3. The zero-order valence-corrected chi connectivity index (χ0v) is 39.8. The van der Waals surface area contributed by atoms with Crippen molar-refractivity contribution in [1.29, 1.82) is 0 Å². The van der Waals surface area contributed by atoms with E-state index in [0.717, 1.165) is 109 Å². The predicted molar refractivity (Wildman–Crippen MR) is 265 cm³/mol. The van der Waals surface area contributed by atoms with Crippen molar-refractivity contribution in [1.82, 2.24) is 0 Å². The van der Waals surface area contributed by atoms with Crippen LogP contribution in [0.5, 0.6) is 0 Å². The Kier molecular flexibility index (Phi) is 46.6. The lowest BCUT2D eigenvalue weighted by Crippen LogP contribution is -2.30. The molecular formula is C56H90O6. The fraction of sp³-hybridized carbons (Fsp3) is 0.625. The van der Waals surface area contributed by atoms with Gasteiger partial charge in [0.05, 0.1) is 0 Å². The SMILES string of the molecule is CC/C=C\C/C=C\C/C=C\C/C=C\CCCCC(=O)OC[C@@H](COC(=O)CCCCCCC/C=C\C/C=C\CCCC)OC(=O)CCCC/C=C\C/C=C\C/C=C\CCCCC. The Balaban J connectivity index is 4.57. The molecule has 0 saturated heterocycles. The van der Waals surface area contributed by atoms with Crippen molar-refractivity contribution in [2.45, 2.75) is 213 Å². The molecule has 0 radical (unpaired) electrons. The van der Waals surface area contributed by atoms with Gasteiger partial charge in [-0.25, -0.2) is 0 Å². The lowest BCUT2D eigenvalue weighted by Gasteiger charge is -2.18. The van der Waals surface area contributed by atoms with Gasteiger partial charge in [0.1, 0.15) is 13.2 Å². The van der Waals surface area contributed by atoms with Gasteiger partial charge in [0.2, 0.25) is 0 Å². The number of hydrogen-bond donors (Lipinski definition) is 0. The first kappa shape index (κ1) is 58.1. The van der Waals surface area contributed by atoms with E-state index in [9.17, 15) is 14.4 Å². The van der Waals surface area contributed by atoms with Crippen molar-refractivity contribution in [3.8, 4) is 0 Å². The average Bonchev–Trinajstić information content (AvgIpc) is 3.27. The summed E-state index contributed by atoms with van der Waals surface area (Å²) in [5.41, 5.74) is 0. The molecule has 0 aromatic carbocycles. The van der Waals surface area contributed by atoms with E-state index in [1.165, 1.54) is 44.9 Å². The van der Waals surface area contributed by atoms with Crippen LogP contribution in [0, 0.1) is 0 Å². The molecule has 6 nitrogen and oxygen atoms in total. The molecule has 62 heavy (non-hydrogen) atoms. The Labute approximate surface area is 380 Å². The van der Waals surface area contributed by atoms with E-state index >= 15 is 0 Å². The standard InChI is InChI=1S/C56H90O6/c1-4-7-10-13-16-19-22-25-28-31-34-37-40-43-46-49-55(58)61-52-53(51-60-54(57)48-45-42-39-36-33-30-27-24-21-18-15-12-9-6-3)62-56(59)50-47-44-41-38-35-32-29-26-23-20-17-14-11-8-5-2/h7,10,15-20,24-29,34-35,37-38,53H,4-6,8-9,11-14,21-23,30-33,36,39-52H2,1-3H3/b10-7-,18-15-,19-16-,20-17-,27-24-,28-25-,29-26-,37-34-,38-35-/t53-/m1/s1. The minimum atomic E-state index is -0.822. The van der Waals surface area contributed by atoms with Gasteiger partial charge >= 0.3 is 17.9 Å². The number of hydrogen-bond acceptors (Lipinski definition) is 6. The van der Waals surface area contributed by atoms with E-state index in [1.54, 1.807) is 0 Å². The molecule has 6 heteroatoms. The maximum Gasteiger partial charge on any atom is 0.306 e. The summed E-state index contributed by atoms with van der Waals surface area (Å²) in [6.45, 7) is 6.35. The first-order valence-corrected chi connectivity index (χ1v) is 24.9. The number of carbonyl (C=O) groups excluding carboxylic acids is 3. The first-order chi connectivity index (χ1) is 30.5. The predicted octanol–water partition coefficient (Wildman–Crippen LogP) is 16.4. The molecule has 0 N–H and O–H groups in total. The van der Waals surface area contributed by atoms with E-state index in [-0.39, 0.29) is 37.5 Å². The lowest BCUT2D eigenvalue weighted by atomic mass is 10.1. The molecule has 0 unspecified atom stereocenters. The smallest absolute Gasteiger partial charge is 0.306 e. The molecule has 0 aliphatic rings. The van der Waals surface area contributed by atoms with Crippen LogP contribution in [0.3, 0.4) is 0 Å². The third-order valence-corrected chi connectivity index (χ3v) is 9.98. The monoisotopic (exact) mass is 859 g/mol. The Hall–Kier alpha value is -3.93. The van der Waals surface area contributed by atoms with Crippen molar-refractivity contribution in [2.75, 3.05) is 13.2 Å². The maximum atomic E-state index is 12.8. The average molecular weight is 859 g/mol. The Morgan fingerprint density at radius 1 is 0.339 bits per heavy atom. The summed E-state index contributed by atoms with van der Waals surface area (Å²) in [7, 11) is 0. The number of carbonyl (C=O) groups is 3. The van der Waals surface area contributed by atoms with Gasteiger partial charge in [0.25, 0.3) is 0 Å². The van der Waals surface area contributed by atoms with Crippen LogP contribution >= 0.6 is 0 Å². The molecule has 0 aromatic rings. The van der Waals surface area contributed by atoms with Crippen LogP contribution < -0.4 is 0 Å². The maximum absolute atomic E-state index is 12.8. The molecular weight excluding hydrogens is 769 g/mol. The highest BCUT2D eigenvalue weighted by atomic mass is 16.6. The van der Waals surface area contributed by atoms with Gasteiger partial charge in [0, 0.05) is 19.3 Å². The number of allylic oxidation sites excluding steroid dienone is 18. The summed E-state index contributed by atoms with van der Waals surface area (Å²) in [4.78, 5) is 37.9. The minimum Gasteiger partial charge on any atom is -0.462 e. The third-order valence-electron chi connectivity index (χ3n) is 9.98. The van der Waals surface area contributed by atoms with Gasteiger partial charge in [-0.15, -0.1) is 0 Å². The van der Waals surface area contributed by atoms with Crippen LogP contribution in [0.15, 0.2) is 109 Å². The zero-order valence-electron chi connectivity index (χ0n) is 39.8. The summed E-state index contributed by atoms with van der Waals surface area (Å²) in [6, 6.07) is 0. The quantitative estimate of drug-likeness (QED) is 0.0263. The van der Waals surface area contributed by atoms with E-state index in [4.69, 9.17) is 14.2 Å². The Morgan fingerprint density at radius 3 is 1.06 bits per heavy atom. The molecule has 0 aromatic heterocycles. The summed E-state index contributed by atoms with van der Waals surface area (Å²) in [5.74, 6) is -1.02. The summed E-state index contributed by atoms with van der Waals surface area (Å²) < 4.78 is 16.7. The molecule has 0 aliphatic heterocycles. The van der Waals surface area contributed by atoms with Crippen LogP contribution in [-0.4, -0.2) is 37.2 Å². The molecule has 1 atom stereocenters. The van der Waals surface area contributed by atoms with Gasteiger partial charge in [-0.2, -0.15) is 0 Å². The first-order valence-electron chi connectivity index (χ1n) is 24.9. The largest absolute Gasteiger partial charge is 0.462 e. The Morgan fingerprint density at radius 2 is 0.645 bits per heavy atom. The molecule has 0 amide bonds. The van der Waals surface area contributed by atoms with Crippen molar-refractivity contribution in [2.24, 2.45) is 0 Å². The third kappa shape index (κ3) is 47.1. The second kappa shape index (κ2) is 49.7. The highest BCUT2D eigenvalue weighted by Gasteiger charge is 2.19. The topological polar surface area (TPSA) is 78.9 Å². The number of rotatable bonds is 43. The van der Waals surface area contributed by atoms with Gasteiger partial charge in [0.15, 0.2) is 6.10 Å². The zero-order chi connectivity index (χ0) is 45.1. The van der Waals surface area contributed by atoms with Crippen LogP contribution in [0.2, 0.25) is 0 Å². The van der Waals surface area contributed by atoms with Crippen LogP contribution in [0.1, 0.15) is 207 Å². The van der Waals surface area contributed by atoms with Crippen LogP contribution in [0.25, 0.3) is 0 Å². The molecule has 0 aliphatic carbocycles. The lowest BCUT2D eigenvalue weighted by molar-refractivity contribution is -0.167. The van der Waals surface area contributed by atoms with E-state index < -0.39 is 6.10 Å². The molecule has 0 bridgehead atoms. The fourth-order valence-corrected chi connectivity index (χ4v) is 6.22. The molecule has 0 saturated carbocycles. The summed E-state index contributed by atoms with van der Waals surface area (Å²) in [6.07, 6.45) is 66.4.